The number of halogens is 1. The number of piperazine rings is 1. The maximum Gasteiger partial charge on any atom is 0.319 e. The van der Waals surface area contributed by atoms with E-state index in [2.05, 4.69) is 27.0 Å². The molecule has 9 heteroatoms. The third-order valence-corrected chi connectivity index (χ3v) is 10.1. The average molecular weight is 569 g/mol. The molecule has 0 unspecified atom stereocenters. The standard InChI is InChI=1S/C33H37FN6O2/c1-2-20-6-3-7-21-14-24(41)15-25(27(20)21)29-28(34)30-26(16-35-29)31(39-17-22-8-9-23(18-39)36-22)38-32(37-30)42-19-33-10-4-12-40(33)13-5-11-33/h3,6-7,14-16,22-23,36,41H,2,4-5,8-13,17-19H2,1H3/t22-,23+. The maximum absolute atomic E-state index is 16.8. The third kappa shape index (κ3) is 4.20. The van der Waals surface area contributed by atoms with Crippen molar-refractivity contribution in [2.24, 2.45) is 0 Å². The molecule has 0 spiro atoms. The Morgan fingerprint density at radius 1 is 1.10 bits per heavy atom. The number of hydrogen-bond acceptors (Lipinski definition) is 8. The molecule has 2 atom stereocenters. The van der Waals surface area contributed by atoms with E-state index in [1.165, 1.54) is 12.8 Å². The molecule has 6 heterocycles. The Morgan fingerprint density at radius 3 is 2.64 bits per heavy atom. The van der Waals surface area contributed by atoms with E-state index in [1.807, 2.05) is 18.2 Å². The van der Waals surface area contributed by atoms with Gasteiger partial charge in [-0.1, -0.05) is 25.1 Å². The van der Waals surface area contributed by atoms with Gasteiger partial charge in [0.15, 0.2) is 5.82 Å². The molecular weight excluding hydrogens is 531 g/mol. The van der Waals surface area contributed by atoms with E-state index < -0.39 is 5.82 Å². The van der Waals surface area contributed by atoms with Crippen LogP contribution in [0.15, 0.2) is 36.5 Å². The number of nitrogens with one attached hydrogen (secondary N) is 1. The molecule has 4 saturated heterocycles. The van der Waals surface area contributed by atoms with Gasteiger partial charge in [-0.15, -0.1) is 0 Å². The molecule has 4 aliphatic rings. The fourth-order valence-electron chi connectivity index (χ4n) is 8.12. The number of anilines is 1. The summed E-state index contributed by atoms with van der Waals surface area (Å²) in [6.07, 6.45) is 9.33. The summed E-state index contributed by atoms with van der Waals surface area (Å²) in [5.74, 6) is 0.250. The highest BCUT2D eigenvalue weighted by molar-refractivity contribution is 6.01. The van der Waals surface area contributed by atoms with Gasteiger partial charge < -0.3 is 20.1 Å². The number of pyridine rings is 1. The van der Waals surface area contributed by atoms with Crippen molar-refractivity contribution in [1.29, 1.82) is 0 Å². The van der Waals surface area contributed by atoms with Gasteiger partial charge in [0.05, 0.1) is 10.9 Å². The largest absolute Gasteiger partial charge is 0.508 e. The molecule has 0 aliphatic carbocycles. The molecule has 4 aliphatic heterocycles. The van der Waals surface area contributed by atoms with Gasteiger partial charge in [0, 0.05) is 36.9 Å². The number of aromatic nitrogens is 3. The van der Waals surface area contributed by atoms with Crippen LogP contribution < -0.4 is 15.0 Å². The Bertz CT molecular complexity index is 1670. The van der Waals surface area contributed by atoms with E-state index in [0.29, 0.717) is 35.5 Å². The predicted molar refractivity (Wildman–Crippen MR) is 162 cm³/mol. The number of rotatable bonds is 6. The van der Waals surface area contributed by atoms with Gasteiger partial charge in [-0.05, 0) is 86.5 Å². The van der Waals surface area contributed by atoms with Gasteiger partial charge >= 0.3 is 6.01 Å². The van der Waals surface area contributed by atoms with Crippen molar-refractivity contribution in [2.45, 2.75) is 69.5 Å². The van der Waals surface area contributed by atoms with Gasteiger partial charge in [-0.3, -0.25) is 9.88 Å². The van der Waals surface area contributed by atoms with Crippen LogP contribution in [0, 0.1) is 5.82 Å². The van der Waals surface area contributed by atoms with Crippen LogP contribution >= 0.6 is 0 Å². The zero-order chi connectivity index (χ0) is 28.4. The summed E-state index contributed by atoms with van der Waals surface area (Å²) in [6.45, 7) is 6.42. The summed E-state index contributed by atoms with van der Waals surface area (Å²) in [5.41, 5.74) is 2.06. The zero-order valence-electron chi connectivity index (χ0n) is 24.1. The second kappa shape index (κ2) is 10.0. The minimum Gasteiger partial charge on any atom is -0.508 e. The molecular formula is C33H37FN6O2. The number of ether oxygens (including phenoxy) is 1. The number of phenolic OH excluding ortho intramolecular Hbond substituents is 1. The maximum atomic E-state index is 16.8. The van der Waals surface area contributed by atoms with Crippen LogP contribution in [-0.2, 0) is 6.42 Å². The van der Waals surface area contributed by atoms with Gasteiger partial charge in [-0.2, -0.15) is 9.97 Å². The molecule has 218 valence electrons. The highest BCUT2D eigenvalue weighted by atomic mass is 19.1. The smallest absolute Gasteiger partial charge is 0.319 e. The lowest BCUT2D eigenvalue weighted by molar-refractivity contribution is 0.108. The van der Waals surface area contributed by atoms with Gasteiger partial charge in [0.2, 0.25) is 0 Å². The first-order valence-electron chi connectivity index (χ1n) is 15.5. The fraction of sp³-hybridized carbons (Fsp3) is 0.485. The van der Waals surface area contributed by atoms with Crippen LogP contribution in [0.5, 0.6) is 11.8 Å². The van der Waals surface area contributed by atoms with Crippen LogP contribution in [0.4, 0.5) is 10.2 Å². The van der Waals surface area contributed by atoms with E-state index in [4.69, 9.17) is 14.7 Å². The molecule has 2 N–H and O–H groups in total. The first-order chi connectivity index (χ1) is 20.5. The average Bonchev–Trinajstić information content (AvgIpc) is 3.68. The van der Waals surface area contributed by atoms with Crippen LogP contribution in [0.25, 0.3) is 32.9 Å². The van der Waals surface area contributed by atoms with Crippen molar-refractivity contribution >= 4 is 27.5 Å². The van der Waals surface area contributed by atoms with Crippen LogP contribution in [0.2, 0.25) is 0 Å². The topological polar surface area (TPSA) is 86.6 Å². The molecule has 8 nitrogen and oxygen atoms in total. The van der Waals surface area contributed by atoms with Gasteiger partial charge in [0.1, 0.15) is 29.4 Å². The van der Waals surface area contributed by atoms with E-state index in [9.17, 15) is 5.11 Å². The monoisotopic (exact) mass is 568 g/mol. The molecule has 0 saturated carbocycles. The quantitative estimate of drug-likeness (QED) is 0.328. The van der Waals surface area contributed by atoms with Crippen LogP contribution in [-0.4, -0.2) is 75.4 Å². The Labute approximate surface area is 244 Å². The molecule has 0 amide bonds. The number of aromatic hydroxyl groups is 1. The molecule has 8 rings (SSSR count). The third-order valence-electron chi connectivity index (χ3n) is 10.1. The van der Waals surface area contributed by atoms with Crippen molar-refractivity contribution in [1.82, 2.24) is 25.2 Å². The first-order valence-corrected chi connectivity index (χ1v) is 15.5. The summed E-state index contributed by atoms with van der Waals surface area (Å²) < 4.78 is 23.2. The summed E-state index contributed by atoms with van der Waals surface area (Å²) in [4.78, 5) is 19.1. The second-order valence-corrected chi connectivity index (χ2v) is 12.6. The highest BCUT2D eigenvalue weighted by Crippen LogP contribution is 2.41. The van der Waals surface area contributed by atoms with Crippen molar-refractivity contribution in [2.75, 3.05) is 37.7 Å². The van der Waals surface area contributed by atoms with Crippen LogP contribution in [0.3, 0.4) is 0 Å². The highest BCUT2D eigenvalue weighted by Gasteiger charge is 2.45. The van der Waals surface area contributed by atoms with Crippen molar-refractivity contribution in [3.8, 4) is 23.0 Å². The molecule has 2 aromatic carbocycles. The van der Waals surface area contributed by atoms with Crippen molar-refractivity contribution in [3.63, 3.8) is 0 Å². The number of nitrogens with zero attached hydrogens (tertiary/aromatic N) is 5. The number of aryl methyl sites for hydroxylation is 1. The zero-order valence-corrected chi connectivity index (χ0v) is 24.1. The summed E-state index contributed by atoms with van der Waals surface area (Å²) >= 11 is 0. The number of benzene rings is 2. The molecule has 42 heavy (non-hydrogen) atoms. The fourth-order valence-corrected chi connectivity index (χ4v) is 8.12. The van der Waals surface area contributed by atoms with E-state index in [0.717, 1.165) is 74.6 Å². The summed E-state index contributed by atoms with van der Waals surface area (Å²) in [7, 11) is 0. The molecule has 2 bridgehead atoms. The minimum atomic E-state index is -0.515. The van der Waals surface area contributed by atoms with Crippen molar-refractivity contribution < 1.29 is 14.2 Å². The Hall–Kier alpha value is -3.56. The van der Waals surface area contributed by atoms with Gasteiger partial charge in [-0.25, -0.2) is 4.39 Å². The lowest BCUT2D eigenvalue weighted by Gasteiger charge is -2.34. The van der Waals surface area contributed by atoms with E-state index in [1.54, 1.807) is 18.3 Å². The lowest BCUT2D eigenvalue weighted by atomic mass is 9.95. The minimum absolute atomic E-state index is 0.0333. The Balaban J connectivity index is 1.27. The summed E-state index contributed by atoms with van der Waals surface area (Å²) in [6, 6.07) is 10.3. The van der Waals surface area contributed by atoms with Crippen molar-refractivity contribution in [3.05, 3.63) is 47.9 Å². The predicted octanol–water partition coefficient (Wildman–Crippen LogP) is 5.20. The molecule has 4 aromatic rings. The SMILES string of the molecule is CCc1cccc2cc(O)cc(-c3ncc4c(N5C[C@H]6CC[C@@H](C5)N6)nc(OCC56CCCN5CCC6)nc4c3F)c12. The molecule has 0 radical (unpaired) electrons. The lowest BCUT2D eigenvalue weighted by Crippen LogP contribution is -2.51. The molecule has 4 fully saturated rings. The normalized spacial score (nSPS) is 23.2. The summed E-state index contributed by atoms with van der Waals surface area (Å²) in [5, 5.41) is 16.6. The first kappa shape index (κ1) is 26.1. The number of phenols is 1. The number of hydrogen-bond donors (Lipinski definition) is 2. The van der Waals surface area contributed by atoms with E-state index in [-0.39, 0.29) is 28.5 Å². The molecule has 2 aromatic heterocycles. The number of fused-ring (bicyclic) bond motifs is 5. The van der Waals surface area contributed by atoms with Crippen LogP contribution in [0.1, 0.15) is 51.0 Å². The Kier molecular flexibility index (Phi) is 6.23. The van der Waals surface area contributed by atoms with Gasteiger partial charge in [0.25, 0.3) is 0 Å². The Morgan fingerprint density at radius 2 is 1.88 bits per heavy atom. The van der Waals surface area contributed by atoms with E-state index >= 15 is 4.39 Å². The second-order valence-electron chi connectivity index (χ2n) is 12.6.